The number of sulfonamides is 1. The number of rotatable bonds is 2. The molecule has 2 rings (SSSR count). The van der Waals surface area contributed by atoms with Crippen molar-refractivity contribution in [3.8, 4) is 0 Å². The van der Waals surface area contributed by atoms with E-state index in [0.717, 1.165) is 25.9 Å². The molecule has 1 aromatic rings. The van der Waals surface area contributed by atoms with E-state index in [4.69, 9.17) is 23.8 Å². The third-order valence-electron chi connectivity index (χ3n) is 2.99. The lowest BCUT2D eigenvalue weighted by Gasteiger charge is -2.29. The Balaban J connectivity index is 2.08. The summed E-state index contributed by atoms with van der Waals surface area (Å²) in [4.78, 5) is 2.06. The number of hydrogen-bond acceptors (Lipinski definition) is 3. The van der Waals surface area contributed by atoms with Gasteiger partial charge in [-0.05, 0) is 55.7 Å². The first-order valence-corrected chi connectivity index (χ1v) is 8.33. The van der Waals surface area contributed by atoms with Gasteiger partial charge in [0.2, 0.25) is 0 Å². The maximum Gasteiger partial charge on any atom is 0.263 e. The highest BCUT2D eigenvalue weighted by Gasteiger charge is 2.20. The smallest absolute Gasteiger partial charge is 0.263 e. The summed E-state index contributed by atoms with van der Waals surface area (Å²) >= 11 is 10.9. The van der Waals surface area contributed by atoms with Crippen LogP contribution in [0.15, 0.2) is 29.2 Å². The first kappa shape index (κ1) is 14.6. The highest BCUT2D eigenvalue weighted by molar-refractivity contribution is 7.91. The standard InChI is InChI=1S/C12H15ClN2O2S2/c13-10-4-6-11(7-5-10)19(16,17)14-12(18)15-8-2-1-3-9-15/h4-7H,1-3,8-9H2,(H,14,18). The predicted molar refractivity (Wildman–Crippen MR) is 79.8 cm³/mol. The molecule has 0 atom stereocenters. The second-order valence-electron chi connectivity index (χ2n) is 4.41. The van der Waals surface area contributed by atoms with E-state index in [9.17, 15) is 8.42 Å². The number of piperidine rings is 1. The SMILES string of the molecule is O=S(=O)(NC(=S)N1CCCCC1)c1ccc(Cl)cc1. The average molecular weight is 319 g/mol. The molecule has 0 aromatic heterocycles. The zero-order chi connectivity index (χ0) is 13.9. The summed E-state index contributed by atoms with van der Waals surface area (Å²) in [6.45, 7) is 1.62. The molecule has 1 aliphatic heterocycles. The Morgan fingerprint density at radius 3 is 2.32 bits per heavy atom. The largest absolute Gasteiger partial charge is 0.349 e. The second kappa shape index (κ2) is 6.07. The number of nitrogens with one attached hydrogen (secondary N) is 1. The minimum atomic E-state index is -3.62. The molecule has 0 unspecified atom stereocenters. The van der Waals surface area contributed by atoms with Gasteiger partial charge in [0.25, 0.3) is 10.0 Å². The molecular formula is C12H15ClN2O2S2. The summed E-state index contributed by atoms with van der Waals surface area (Å²) in [5, 5.41) is 0.771. The van der Waals surface area contributed by atoms with Gasteiger partial charge in [0.15, 0.2) is 5.11 Å². The molecule has 0 saturated carbocycles. The topological polar surface area (TPSA) is 49.4 Å². The molecule has 1 fully saturated rings. The number of thiocarbonyl (C=S) groups is 1. The van der Waals surface area contributed by atoms with Gasteiger partial charge in [0.1, 0.15) is 0 Å². The maximum atomic E-state index is 12.1. The van der Waals surface area contributed by atoms with Crippen LogP contribution in [0.5, 0.6) is 0 Å². The zero-order valence-corrected chi connectivity index (χ0v) is 12.7. The molecule has 0 aliphatic carbocycles. The van der Waals surface area contributed by atoms with Gasteiger partial charge in [-0.15, -0.1) is 0 Å². The molecule has 4 nitrogen and oxygen atoms in total. The molecule has 0 spiro atoms. The van der Waals surface area contributed by atoms with Crippen molar-refractivity contribution in [1.29, 1.82) is 0 Å². The van der Waals surface area contributed by atoms with Crippen molar-refractivity contribution in [2.75, 3.05) is 13.1 Å². The third-order valence-corrected chi connectivity index (χ3v) is 5.09. The van der Waals surface area contributed by atoms with Crippen LogP contribution >= 0.6 is 23.8 Å². The molecule has 104 valence electrons. The van der Waals surface area contributed by atoms with Gasteiger partial charge in [-0.1, -0.05) is 11.6 Å². The van der Waals surface area contributed by atoms with Gasteiger partial charge < -0.3 is 4.90 Å². The van der Waals surface area contributed by atoms with Gasteiger partial charge in [-0.2, -0.15) is 0 Å². The molecule has 0 bridgehead atoms. The van der Waals surface area contributed by atoms with Crippen molar-refractivity contribution in [3.63, 3.8) is 0 Å². The van der Waals surface area contributed by atoms with Crippen molar-refractivity contribution in [3.05, 3.63) is 29.3 Å². The Bertz CT molecular complexity index is 552. The van der Waals surface area contributed by atoms with Crippen LogP contribution in [0.4, 0.5) is 0 Å². The number of likely N-dealkylation sites (tertiary alicyclic amines) is 1. The lowest BCUT2D eigenvalue weighted by molar-refractivity contribution is 0.342. The van der Waals surface area contributed by atoms with E-state index in [0.29, 0.717) is 5.02 Å². The fraction of sp³-hybridized carbons (Fsp3) is 0.417. The lowest BCUT2D eigenvalue weighted by Crippen LogP contribution is -2.44. The quantitative estimate of drug-likeness (QED) is 0.851. The van der Waals surface area contributed by atoms with E-state index in [2.05, 4.69) is 4.72 Å². The Kier molecular flexibility index (Phi) is 4.65. The Labute approximate surface area is 123 Å². The van der Waals surface area contributed by atoms with Crippen molar-refractivity contribution in [2.24, 2.45) is 0 Å². The molecule has 0 radical (unpaired) electrons. The van der Waals surface area contributed by atoms with Crippen molar-refractivity contribution < 1.29 is 8.42 Å². The number of hydrogen-bond donors (Lipinski definition) is 1. The van der Waals surface area contributed by atoms with Crippen LogP contribution in [0.3, 0.4) is 0 Å². The van der Waals surface area contributed by atoms with Crippen LogP contribution in [-0.2, 0) is 10.0 Å². The molecule has 7 heteroatoms. The Morgan fingerprint density at radius 1 is 1.16 bits per heavy atom. The summed E-state index contributed by atoms with van der Waals surface area (Å²) in [7, 11) is -3.62. The maximum absolute atomic E-state index is 12.1. The average Bonchev–Trinajstić information content (AvgIpc) is 2.40. The zero-order valence-electron chi connectivity index (χ0n) is 10.3. The Hall–Kier alpha value is -0.850. The number of nitrogens with zero attached hydrogens (tertiary/aromatic N) is 1. The Morgan fingerprint density at radius 2 is 1.74 bits per heavy atom. The van der Waals surface area contributed by atoms with Crippen LogP contribution < -0.4 is 4.72 Å². The van der Waals surface area contributed by atoms with Crippen LogP contribution in [0, 0.1) is 0 Å². The summed E-state index contributed by atoms with van der Waals surface area (Å²) in [6.07, 6.45) is 3.26. The molecule has 1 aromatic carbocycles. The molecule has 19 heavy (non-hydrogen) atoms. The highest BCUT2D eigenvalue weighted by Crippen LogP contribution is 2.15. The normalized spacial score (nSPS) is 16.2. The van der Waals surface area contributed by atoms with E-state index < -0.39 is 10.0 Å². The molecule has 1 heterocycles. The molecular weight excluding hydrogens is 304 g/mol. The van der Waals surface area contributed by atoms with Gasteiger partial charge >= 0.3 is 0 Å². The van der Waals surface area contributed by atoms with Gasteiger partial charge in [-0.3, -0.25) is 4.72 Å². The van der Waals surface area contributed by atoms with Crippen molar-refractivity contribution in [1.82, 2.24) is 9.62 Å². The van der Waals surface area contributed by atoms with Crippen LogP contribution in [0.1, 0.15) is 19.3 Å². The van der Waals surface area contributed by atoms with E-state index in [1.165, 1.54) is 18.6 Å². The van der Waals surface area contributed by atoms with E-state index in [1.807, 2.05) is 4.90 Å². The summed E-state index contributed by atoms with van der Waals surface area (Å²) in [5.74, 6) is 0. The summed E-state index contributed by atoms with van der Waals surface area (Å²) in [5.41, 5.74) is 0. The van der Waals surface area contributed by atoms with Gasteiger partial charge in [-0.25, -0.2) is 8.42 Å². The van der Waals surface area contributed by atoms with E-state index in [-0.39, 0.29) is 10.0 Å². The van der Waals surface area contributed by atoms with Crippen LogP contribution in [0.25, 0.3) is 0 Å². The van der Waals surface area contributed by atoms with Crippen molar-refractivity contribution >= 4 is 39.0 Å². The first-order chi connectivity index (χ1) is 8.99. The minimum Gasteiger partial charge on any atom is -0.349 e. The number of halogens is 1. The van der Waals surface area contributed by atoms with E-state index in [1.54, 1.807) is 12.1 Å². The molecule has 0 amide bonds. The summed E-state index contributed by atoms with van der Waals surface area (Å²) in [6, 6.07) is 6.01. The third kappa shape index (κ3) is 3.81. The minimum absolute atomic E-state index is 0.163. The monoisotopic (exact) mass is 318 g/mol. The fourth-order valence-electron chi connectivity index (χ4n) is 1.95. The first-order valence-electron chi connectivity index (χ1n) is 6.06. The van der Waals surface area contributed by atoms with E-state index >= 15 is 0 Å². The summed E-state index contributed by atoms with van der Waals surface area (Å²) < 4.78 is 26.7. The van der Waals surface area contributed by atoms with Gasteiger partial charge in [0.05, 0.1) is 4.90 Å². The van der Waals surface area contributed by atoms with Crippen molar-refractivity contribution in [2.45, 2.75) is 24.2 Å². The van der Waals surface area contributed by atoms with Crippen LogP contribution in [0.2, 0.25) is 5.02 Å². The van der Waals surface area contributed by atoms with Crippen LogP contribution in [-0.4, -0.2) is 31.5 Å². The second-order valence-corrected chi connectivity index (χ2v) is 6.92. The molecule has 1 aliphatic rings. The fourth-order valence-corrected chi connectivity index (χ4v) is 3.56. The lowest BCUT2D eigenvalue weighted by atomic mass is 10.1. The highest BCUT2D eigenvalue weighted by atomic mass is 35.5. The molecule has 1 N–H and O–H groups in total. The predicted octanol–water partition coefficient (Wildman–Crippen LogP) is 2.39. The molecule has 1 saturated heterocycles. The number of benzene rings is 1. The van der Waals surface area contributed by atoms with Gasteiger partial charge in [0, 0.05) is 18.1 Å².